The lowest BCUT2D eigenvalue weighted by atomic mass is 10.1. The molecular weight excluding hydrogens is 350 g/mol. The normalized spacial score (nSPS) is 16.5. The number of hydrogen-bond donors (Lipinski definition) is 1. The van der Waals surface area contributed by atoms with E-state index >= 15 is 0 Å². The number of nitriles is 1. The van der Waals surface area contributed by atoms with Crippen LogP contribution >= 0.6 is 11.3 Å². The van der Waals surface area contributed by atoms with Gasteiger partial charge in [0.25, 0.3) is 0 Å². The summed E-state index contributed by atoms with van der Waals surface area (Å²) in [7, 11) is 1.58. The second kappa shape index (κ2) is 7.18. The van der Waals surface area contributed by atoms with Gasteiger partial charge in [-0.05, 0) is 43.7 Å². The summed E-state index contributed by atoms with van der Waals surface area (Å²) in [4.78, 5) is 27.6. The van der Waals surface area contributed by atoms with Gasteiger partial charge in [0.2, 0.25) is 11.8 Å². The largest absolute Gasteiger partial charge is 0.497 e. The summed E-state index contributed by atoms with van der Waals surface area (Å²) >= 11 is 1.39. The first-order valence-corrected chi connectivity index (χ1v) is 9.01. The summed E-state index contributed by atoms with van der Waals surface area (Å²) in [6.45, 7) is 4.10. The van der Waals surface area contributed by atoms with Gasteiger partial charge < -0.3 is 15.0 Å². The molecule has 7 heteroatoms. The topological polar surface area (TPSA) is 82.4 Å². The Balaban J connectivity index is 1.73. The fourth-order valence-corrected chi connectivity index (χ4v) is 3.97. The van der Waals surface area contributed by atoms with Crippen molar-refractivity contribution in [3.05, 3.63) is 40.3 Å². The number of hydrogen-bond acceptors (Lipinski definition) is 5. The monoisotopic (exact) mass is 369 g/mol. The van der Waals surface area contributed by atoms with E-state index in [0.29, 0.717) is 22.9 Å². The number of ether oxygens (including phenoxy) is 1. The van der Waals surface area contributed by atoms with E-state index in [1.807, 2.05) is 13.8 Å². The predicted molar refractivity (Wildman–Crippen MR) is 101 cm³/mol. The average molecular weight is 369 g/mol. The Morgan fingerprint density at radius 3 is 2.65 bits per heavy atom. The van der Waals surface area contributed by atoms with Crippen LogP contribution in [-0.2, 0) is 9.59 Å². The van der Waals surface area contributed by atoms with Crippen LogP contribution in [0.25, 0.3) is 0 Å². The summed E-state index contributed by atoms with van der Waals surface area (Å²) in [6.07, 6.45) is 0.156. The average Bonchev–Trinajstić information content (AvgIpc) is 3.15. The van der Waals surface area contributed by atoms with Gasteiger partial charge in [0.05, 0.1) is 18.6 Å². The summed E-state index contributed by atoms with van der Waals surface area (Å²) in [5.74, 6) is -0.0533. The molecule has 3 rings (SSSR count). The van der Waals surface area contributed by atoms with Gasteiger partial charge in [-0.2, -0.15) is 5.26 Å². The van der Waals surface area contributed by atoms with E-state index in [2.05, 4.69) is 11.4 Å². The molecule has 0 unspecified atom stereocenters. The number of nitrogens with zero attached hydrogens (tertiary/aromatic N) is 2. The van der Waals surface area contributed by atoms with Crippen LogP contribution in [0.3, 0.4) is 0 Å². The molecule has 0 saturated carbocycles. The van der Waals surface area contributed by atoms with Gasteiger partial charge in [0.1, 0.15) is 16.8 Å². The SMILES string of the molecule is COc1ccc(N2C[C@@H](C(=O)Nc3sc(C)c(C)c3C#N)CC2=O)cc1. The third-order valence-corrected chi connectivity index (χ3v) is 5.74. The van der Waals surface area contributed by atoms with Gasteiger partial charge in [-0.25, -0.2) is 0 Å². The maximum Gasteiger partial charge on any atom is 0.230 e. The summed E-state index contributed by atoms with van der Waals surface area (Å²) < 4.78 is 5.13. The molecule has 1 aliphatic rings. The second-order valence-corrected chi connectivity index (χ2v) is 7.42. The smallest absolute Gasteiger partial charge is 0.230 e. The first-order chi connectivity index (χ1) is 12.4. The molecule has 2 aromatic rings. The van der Waals surface area contributed by atoms with Crippen molar-refractivity contribution in [1.82, 2.24) is 0 Å². The van der Waals surface area contributed by atoms with Crippen molar-refractivity contribution in [2.24, 2.45) is 5.92 Å². The van der Waals surface area contributed by atoms with E-state index in [4.69, 9.17) is 4.74 Å². The Kier molecular flexibility index (Phi) is 4.96. The van der Waals surface area contributed by atoms with E-state index in [-0.39, 0.29) is 18.2 Å². The molecule has 0 bridgehead atoms. The maximum atomic E-state index is 12.6. The molecule has 1 N–H and O–H groups in total. The minimum absolute atomic E-state index is 0.0886. The molecule has 1 atom stereocenters. The van der Waals surface area contributed by atoms with E-state index in [1.165, 1.54) is 11.3 Å². The molecule has 2 heterocycles. The van der Waals surface area contributed by atoms with Crippen molar-refractivity contribution in [2.75, 3.05) is 23.9 Å². The molecule has 6 nitrogen and oxygen atoms in total. The van der Waals surface area contributed by atoms with Crippen LogP contribution < -0.4 is 15.0 Å². The molecule has 0 spiro atoms. The van der Waals surface area contributed by atoms with Crippen LogP contribution in [0, 0.1) is 31.1 Å². The fraction of sp³-hybridized carbons (Fsp3) is 0.316. The Morgan fingerprint density at radius 1 is 1.35 bits per heavy atom. The third kappa shape index (κ3) is 3.28. The molecule has 0 aliphatic carbocycles. The molecule has 1 aliphatic heterocycles. The van der Waals surface area contributed by atoms with Crippen molar-refractivity contribution in [1.29, 1.82) is 5.26 Å². The number of rotatable bonds is 4. The van der Waals surface area contributed by atoms with Crippen LogP contribution in [0.15, 0.2) is 24.3 Å². The van der Waals surface area contributed by atoms with Crippen LogP contribution in [0.2, 0.25) is 0 Å². The molecular formula is C19H19N3O3S. The Hall–Kier alpha value is -2.85. The highest BCUT2D eigenvalue weighted by molar-refractivity contribution is 7.16. The van der Waals surface area contributed by atoms with Gasteiger partial charge in [-0.15, -0.1) is 11.3 Å². The first-order valence-electron chi connectivity index (χ1n) is 8.20. The lowest BCUT2D eigenvalue weighted by molar-refractivity contribution is -0.122. The van der Waals surface area contributed by atoms with E-state index in [0.717, 1.165) is 16.1 Å². The zero-order valence-corrected chi connectivity index (χ0v) is 15.6. The molecule has 1 aromatic carbocycles. The van der Waals surface area contributed by atoms with E-state index in [9.17, 15) is 14.9 Å². The third-order valence-electron chi connectivity index (χ3n) is 4.61. The van der Waals surface area contributed by atoms with E-state index < -0.39 is 5.92 Å². The van der Waals surface area contributed by atoms with Crippen molar-refractivity contribution < 1.29 is 14.3 Å². The zero-order valence-electron chi connectivity index (χ0n) is 14.8. The number of aryl methyl sites for hydroxylation is 1. The second-order valence-electron chi connectivity index (χ2n) is 6.19. The lowest BCUT2D eigenvalue weighted by Crippen LogP contribution is -2.28. The maximum absolute atomic E-state index is 12.6. The first kappa shape index (κ1) is 18.0. The minimum atomic E-state index is -0.446. The molecule has 134 valence electrons. The number of methoxy groups -OCH3 is 1. The molecule has 0 radical (unpaired) electrons. The van der Waals surface area contributed by atoms with E-state index in [1.54, 1.807) is 36.3 Å². The van der Waals surface area contributed by atoms with Crippen molar-refractivity contribution in [3.8, 4) is 11.8 Å². The van der Waals surface area contributed by atoms with Crippen LogP contribution in [0.5, 0.6) is 5.75 Å². The quantitative estimate of drug-likeness (QED) is 0.897. The molecule has 26 heavy (non-hydrogen) atoms. The number of nitrogens with one attached hydrogen (secondary N) is 1. The number of carbonyl (C=O) groups is 2. The van der Waals surface area contributed by atoms with Gasteiger partial charge in [-0.1, -0.05) is 0 Å². The summed E-state index contributed by atoms with van der Waals surface area (Å²) in [5, 5.41) is 12.7. The Labute approximate surface area is 156 Å². The van der Waals surface area contributed by atoms with Crippen molar-refractivity contribution in [3.63, 3.8) is 0 Å². The molecule has 1 saturated heterocycles. The fourth-order valence-electron chi connectivity index (χ4n) is 2.96. The summed E-state index contributed by atoms with van der Waals surface area (Å²) in [6, 6.07) is 9.31. The summed E-state index contributed by atoms with van der Waals surface area (Å²) in [5.41, 5.74) is 2.12. The lowest BCUT2D eigenvalue weighted by Gasteiger charge is -2.17. The molecule has 1 fully saturated rings. The van der Waals surface area contributed by atoms with Gasteiger partial charge in [0.15, 0.2) is 0 Å². The standard InChI is InChI=1S/C19H19N3O3S/c1-11-12(2)26-19(16(11)9-20)21-18(24)13-8-17(23)22(10-13)14-4-6-15(25-3)7-5-14/h4-7,13H,8,10H2,1-3H3,(H,21,24)/t13-/m0/s1. The predicted octanol–water partition coefficient (Wildman–Crippen LogP) is 3.24. The van der Waals surface area contributed by atoms with Crippen molar-refractivity contribution >= 4 is 33.8 Å². The van der Waals surface area contributed by atoms with Crippen molar-refractivity contribution in [2.45, 2.75) is 20.3 Å². The number of thiophene rings is 1. The number of amides is 2. The highest BCUT2D eigenvalue weighted by atomic mass is 32.1. The minimum Gasteiger partial charge on any atom is -0.497 e. The Bertz CT molecular complexity index is 896. The highest BCUT2D eigenvalue weighted by Gasteiger charge is 2.35. The van der Waals surface area contributed by atoms with Crippen LogP contribution in [0.1, 0.15) is 22.4 Å². The van der Waals surface area contributed by atoms with Crippen LogP contribution in [-0.4, -0.2) is 25.5 Å². The molecule has 2 amide bonds. The van der Waals surface area contributed by atoms with Gasteiger partial charge in [-0.3, -0.25) is 9.59 Å². The van der Waals surface area contributed by atoms with Crippen LogP contribution in [0.4, 0.5) is 10.7 Å². The van der Waals surface area contributed by atoms with Gasteiger partial charge >= 0.3 is 0 Å². The number of anilines is 2. The van der Waals surface area contributed by atoms with Gasteiger partial charge in [0, 0.05) is 23.5 Å². The Morgan fingerprint density at radius 2 is 2.04 bits per heavy atom. The highest BCUT2D eigenvalue weighted by Crippen LogP contribution is 2.33. The molecule has 1 aromatic heterocycles. The zero-order chi connectivity index (χ0) is 18.8. The number of carbonyl (C=O) groups excluding carboxylic acids is 2. The number of benzene rings is 1.